The van der Waals surface area contributed by atoms with Crippen molar-refractivity contribution in [2.75, 3.05) is 5.32 Å². The Bertz CT molecular complexity index is 1110. The molecule has 0 aliphatic rings. The highest BCUT2D eigenvalue weighted by molar-refractivity contribution is 6.30. The van der Waals surface area contributed by atoms with Gasteiger partial charge in [0, 0.05) is 28.6 Å². The van der Waals surface area contributed by atoms with Crippen molar-refractivity contribution in [2.45, 2.75) is 0 Å². The Morgan fingerprint density at radius 1 is 1.03 bits per heavy atom. The lowest BCUT2D eigenvalue weighted by Crippen LogP contribution is -2.23. The molecule has 0 aromatic heterocycles. The zero-order chi connectivity index (χ0) is 21.7. The van der Waals surface area contributed by atoms with Gasteiger partial charge in [-0.05, 0) is 54.1 Å². The normalized spacial score (nSPS) is 11.4. The smallest absolute Gasteiger partial charge is 0.293 e. The maximum Gasteiger partial charge on any atom is 0.293 e. The number of carbonyl (C=O) groups is 1. The van der Waals surface area contributed by atoms with Crippen molar-refractivity contribution in [3.63, 3.8) is 0 Å². The molecule has 3 aromatic carbocycles. The standard InChI is InChI=1S/C22H16ClF2N3O2/c23-14-3-6-16(7-4-14)28-22(29)21(20(27)12-26)30-17-8-1-13(2-9-17)18-10-5-15(24)11-19(18)25/h1-12,26H,27H2,(H,28,29)/b21-20-,26-12?. The highest BCUT2D eigenvalue weighted by Crippen LogP contribution is 2.26. The van der Waals surface area contributed by atoms with Crippen LogP contribution in [0, 0.1) is 17.0 Å². The van der Waals surface area contributed by atoms with E-state index in [1.54, 1.807) is 36.4 Å². The zero-order valence-electron chi connectivity index (χ0n) is 15.5. The second-order valence-electron chi connectivity index (χ2n) is 6.14. The van der Waals surface area contributed by atoms with Gasteiger partial charge in [-0.3, -0.25) is 4.79 Å². The summed E-state index contributed by atoms with van der Waals surface area (Å²) in [6.07, 6.45) is 0.791. The molecule has 0 fully saturated rings. The molecule has 0 heterocycles. The van der Waals surface area contributed by atoms with Crippen LogP contribution in [0.5, 0.6) is 5.75 Å². The first-order valence-corrected chi connectivity index (χ1v) is 9.05. The van der Waals surface area contributed by atoms with Crippen LogP contribution in [0.2, 0.25) is 5.02 Å². The van der Waals surface area contributed by atoms with Crippen LogP contribution >= 0.6 is 11.6 Å². The number of hydrogen-bond acceptors (Lipinski definition) is 4. The number of halogens is 3. The Balaban J connectivity index is 1.80. The molecule has 0 atom stereocenters. The third kappa shape index (κ3) is 5.01. The number of nitrogens with two attached hydrogens (primary N) is 1. The summed E-state index contributed by atoms with van der Waals surface area (Å²) in [6.45, 7) is 0. The quantitative estimate of drug-likeness (QED) is 0.290. The molecule has 8 heteroatoms. The zero-order valence-corrected chi connectivity index (χ0v) is 16.2. The Kier molecular flexibility index (Phi) is 6.44. The molecule has 0 saturated heterocycles. The molecule has 0 saturated carbocycles. The van der Waals surface area contributed by atoms with Gasteiger partial charge in [0.05, 0.1) is 5.70 Å². The highest BCUT2D eigenvalue weighted by atomic mass is 35.5. The minimum absolute atomic E-state index is 0.185. The number of amides is 1. The summed E-state index contributed by atoms with van der Waals surface area (Å²) < 4.78 is 32.6. The predicted octanol–water partition coefficient (Wildman–Crippen LogP) is 5.12. The number of anilines is 1. The van der Waals surface area contributed by atoms with E-state index < -0.39 is 17.5 Å². The van der Waals surface area contributed by atoms with Crippen LogP contribution in [0.25, 0.3) is 11.1 Å². The number of allylic oxidation sites excluding steroid dienone is 1. The second-order valence-corrected chi connectivity index (χ2v) is 6.58. The molecule has 0 aliphatic heterocycles. The molecular formula is C22H16ClF2N3O2. The summed E-state index contributed by atoms with van der Waals surface area (Å²) in [4.78, 5) is 12.6. The molecule has 152 valence electrons. The SMILES string of the molecule is N=C/C(N)=C(/Oc1ccc(-c2ccc(F)cc2F)cc1)C(=O)Nc1ccc(Cl)cc1. The Morgan fingerprint density at radius 2 is 1.70 bits per heavy atom. The third-order valence-electron chi connectivity index (χ3n) is 4.04. The van der Waals surface area contributed by atoms with Crippen LogP contribution in [-0.2, 0) is 4.79 Å². The molecule has 0 aliphatic carbocycles. The van der Waals surface area contributed by atoms with Crippen molar-refractivity contribution in [3.05, 3.63) is 94.8 Å². The molecule has 4 N–H and O–H groups in total. The van der Waals surface area contributed by atoms with E-state index >= 15 is 0 Å². The molecule has 0 bridgehead atoms. The van der Waals surface area contributed by atoms with Crippen LogP contribution in [-0.4, -0.2) is 12.1 Å². The summed E-state index contributed by atoms with van der Waals surface area (Å²) in [5.74, 6) is -2.06. The fraction of sp³-hybridized carbons (Fsp3) is 0. The minimum Gasteiger partial charge on any atom is -0.449 e. The molecule has 0 spiro atoms. The largest absolute Gasteiger partial charge is 0.449 e. The van der Waals surface area contributed by atoms with E-state index in [1.165, 1.54) is 18.2 Å². The van der Waals surface area contributed by atoms with E-state index in [0.29, 0.717) is 16.3 Å². The monoisotopic (exact) mass is 427 g/mol. The lowest BCUT2D eigenvalue weighted by molar-refractivity contribution is -0.114. The van der Waals surface area contributed by atoms with Gasteiger partial charge in [-0.15, -0.1) is 0 Å². The van der Waals surface area contributed by atoms with Crippen LogP contribution < -0.4 is 15.8 Å². The first-order chi connectivity index (χ1) is 14.4. The van der Waals surface area contributed by atoms with Gasteiger partial charge >= 0.3 is 0 Å². The number of ether oxygens (including phenoxy) is 1. The van der Waals surface area contributed by atoms with Crippen LogP contribution in [0.15, 0.2) is 78.2 Å². The van der Waals surface area contributed by atoms with Gasteiger partial charge in [-0.25, -0.2) is 8.78 Å². The minimum atomic E-state index is -0.695. The average Bonchev–Trinajstić information content (AvgIpc) is 2.73. The Morgan fingerprint density at radius 3 is 2.30 bits per heavy atom. The number of nitrogens with one attached hydrogen (secondary N) is 2. The van der Waals surface area contributed by atoms with Gasteiger partial charge in [0.1, 0.15) is 17.4 Å². The summed E-state index contributed by atoms with van der Waals surface area (Å²) >= 11 is 5.83. The van der Waals surface area contributed by atoms with E-state index in [4.69, 9.17) is 27.5 Å². The second kappa shape index (κ2) is 9.19. The Labute approximate surface area is 176 Å². The summed E-state index contributed by atoms with van der Waals surface area (Å²) in [7, 11) is 0. The lowest BCUT2D eigenvalue weighted by atomic mass is 10.1. The lowest BCUT2D eigenvalue weighted by Gasteiger charge is -2.13. The van der Waals surface area contributed by atoms with E-state index in [9.17, 15) is 13.6 Å². The summed E-state index contributed by atoms with van der Waals surface area (Å²) in [5, 5.41) is 10.5. The van der Waals surface area contributed by atoms with Gasteiger partial charge in [-0.1, -0.05) is 23.7 Å². The molecule has 5 nitrogen and oxygen atoms in total. The molecule has 0 radical (unpaired) electrons. The van der Waals surface area contributed by atoms with Crippen LogP contribution in [0.4, 0.5) is 14.5 Å². The molecule has 1 amide bonds. The number of hydrogen-bond donors (Lipinski definition) is 3. The predicted molar refractivity (Wildman–Crippen MR) is 113 cm³/mol. The highest BCUT2D eigenvalue weighted by Gasteiger charge is 2.17. The first kappa shape index (κ1) is 21.0. The Hall–Kier alpha value is -3.71. The maximum atomic E-state index is 14.0. The molecule has 3 aromatic rings. The van der Waals surface area contributed by atoms with Crippen molar-refractivity contribution in [3.8, 4) is 16.9 Å². The van der Waals surface area contributed by atoms with Crippen molar-refractivity contribution in [1.29, 1.82) is 5.41 Å². The summed E-state index contributed by atoms with van der Waals surface area (Å²) in [5.41, 5.74) is 6.74. The van der Waals surface area contributed by atoms with Gasteiger partial charge in [0.2, 0.25) is 5.76 Å². The first-order valence-electron chi connectivity index (χ1n) is 8.68. The summed E-state index contributed by atoms with van der Waals surface area (Å²) in [6, 6.07) is 15.8. The van der Waals surface area contributed by atoms with Gasteiger partial charge in [-0.2, -0.15) is 0 Å². The third-order valence-corrected chi connectivity index (χ3v) is 4.29. The molecule has 0 unspecified atom stereocenters. The van der Waals surface area contributed by atoms with Gasteiger partial charge in [0.25, 0.3) is 5.91 Å². The molecular weight excluding hydrogens is 412 g/mol. The van der Waals surface area contributed by atoms with Crippen molar-refractivity contribution >= 4 is 29.4 Å². The molecule has 3 rings (SSSR count). The fourth-order valence-electron chi connectivity index (χ4n) is 2.57. The maximum absolute atomic E-state index is 14.0. The average molecular weight is 428 g/mol. The number of carbonyl (C=O) groups excluding carboxylic acids is 1. The van der Waals surface area contributed by atoms with E-state index in [-0.39, 0.29) is 22.8 Å². The van der Waals surface area contributed by atoms with Crippen LogP contribution in [0.3, 0.4) is 0 Å². The van der Waals surface area contributed by atoms with Crippen molar-refractivity contribution in [1.82, 2.24) is 0 Å². The van der Waals surface area contributed by atoms with E-state index in [2.05, 4.69) is 5.32 Å². The van der Waals surface area contributed by atoms with Crippen LogP contribution in [0.1, 0.15) is 0 Å². The number of benzene rings is 3. The molecule has 30 heavy (non-hydrogen) atoms. The van der Waals surface area contributed by atoms with E-state index in [1.807, 2.05) is 0 Å². The fourth-order valence-corrected chi connectivity index (χ4v) is 2.69. The van der Waals surface area contributed by atoms with E-state index in [0.717, 1.165) is 18.3 Å². The van der Waals surface area contributed by atoms with Crippen molar-refractivity contribution < 1.29 is 18.3 Å². The topological polar surface area (TPSA) is 88.2 Å². The van der Waals surface area contributed by atoms with Gasteiger partial charge < -0.3 is 21.2 Å². The van der Waals surface area contributed by atoms with Gasteiger partial charge in [0.15, 0.2) is 0 Å². The van der Waals surface area contributed by atoms with Crippen molar-refractivity contribution in [2.24, 2.45) is 5.73 Å². The number of rotatable bonds is 6.